The van der Waals surface area contributed by atoms with Crippen LogP contribution in [-0.4, -0.2) is 24.4 Å². The number of carbonyl (C=O) groups is 1. The van der Waals surface area contributed by atoms with Crippen molar-refractivity contribution in [2.45, 2.75) is 6.54 Å². The highest BCUT2D eigenvalue weighted by Gasteiger charge is 2.11. The summed E-state index contributed by atoms with van der Waals surface area (Å²) in [6.45, 7) is 0.968. The maximum Gasteiger partial charge on any atom is 0.238 e. The average molecular weight is 365 g/mol. The number of amides is 1. The third-order valence-corrected chi connectivity index (χ3v) is 4.43. The Balaban J connectivity index is 1.66. The number of anilines is 1. The maximum atomic E-state index is 12.3. The lowest BCUT2D eigenvalue weighted by Gasteiger charge is -2.19. The Morgan fingerprint density at radius 2 is 1.58 bits per heavy atom. The Hall–Kier alpha value is -2.62. The van der Waals surface area contributed by atoms with Crippen LogP contribution in [0.25, 0.3) is 11.1 Å². The summed E-state index contributed by atoms with van der Waals surface area (Å²) in [5, 5.41) is 3.40. The van der Waals surface area contributed by atoms with Gasteiger partial charge in [0, 0.05) is 6.54 Å². The quantitative estimate of drug-likeness (QED) is 0.661. The first kappa shape index (κ1) is 18.2. The number of para-hydroxylation sites is 1. The van der Waals surface area contributed by atoms with Crippen molar-refractivity contribution in [3.63, 3.8) is 0 Å². The number of nitrogens with one attached hydrogen (secondary N) is 1. The van der Waals surface area contributed by atoms with Crippen molar-refractivity contribution in [3.05, 3.63) is 89.4 Å². The molecular weight excluding hydrogens is 344 g/mol. The van der Waals surface area contributed by atoms with E-state index in [1.807, 2.05) is 54.4 Å². The minimum atomic E-state index is -0.0854. The van der Waals surface area contributed by atoms with Crippen LogP contribution in [0.5, 0.6) is 0 Å². The van der Waals surface area contributed by atoms with Crippen LogP contribution >= 0.6 is 11.6 Å². The van der Waals surface area contributed by atoms with E-state index in [4.69, 9.17) is 11.6 Å². The van der Waals surface area contributed by atoms with Gasteiger partial charge in [0.1, 0.15) is 0 Å². The molecule has 0 spiro atoms. The maximum absolute atomic E-state index is 12.3. The number of hydrogen-bond acceptors (Lipinski definition) is 2. The summed E-state index contributed by atoms with van der Waals surface area (Å²) in [6, 6.07) is 25.8. The van der Waals surface area contributed by atoms with Crippen molar-refractivity contribution in [1.29, 1.82) is 0 Å². The zero-order valence-corrected chi connectivity index (χ0v) is 15.4. The third kappa shape index (κ3) is 4.72. The highest BCUT2D eigenvalue weighted by atomic mass is 35.5. The van der Waals surface area contributed by atoms with Crippen LogP contribution in [0.2, 0.25) is 5.02 Å². The highest BCUT2D eigenvalue weighted by Crippen LogP contribution is 2.24. The average Bonchev–Trinajstić information content (AvgIpc) is 2.64. The largest absolute Gasteiger partial charge is 0.324 e. The minimum Gasteiger partial charge on any atom is -0.324 e. The van der Waals surface area contributed by atoms with Crippen molar-refractivity contribution in [3.8, 4) is 11.1 Å². The molecule has 0 atom stereocenters. The normalized spacial score (nSPS) is 10.7. The smallest absolute Gasteiger partial charge is 0.238 e. The Kier molecular flexibility index (Phi) is 6.05. The molecule has 1 amide bonds. The molecular formula is C22H21ClN2O. The molecule has 0 saturated carbocycles. The van der Waals surface area contributed by atoms with E-state index >= 15 is 0 Å². The van der Waals surface area contributed by atoms with Gasteiger partial charge >= 0.3 is 0 Å². The first-order valence-corrected chi connectivity index (χ1v) is 8.87. The predicted octanol–water partition coefficient (Wildman–Crippen LogP) is 5.08. The van der Waals surface area contributed by atoms with Gasteiger partial charge in [0.2, 0.25) is 5.91 Å². The predicted molar refractivity (Wildman–Crippen MR) is 108 cm³/mol. The first-order chi connectivity index (χ1) is 12.6. The topological polar surface area (TPSA) is 32.3 Å². The summed E-state index contributed by atoms with van der Waals surface area (Å²) >= 11 is 6.09. The fourth-order valence-corrected chi connectivity index (χ4v) is 3.08. The second kappa shape index (κ2) is 8.65. The van der Waals surface area contributed by atoms with Crippen molar-refractivity contribution >= 4 is 23.2 Å². The molecule has 0 fully saturated rings. The van der Waals surface area contributed by atoms with Crippen molar-refractivity contribution in [2.75, 3.05) is 18.9 Å². The van der Waals surface area contributed by atoms with Gasteiger partial charge < -0.3 is 5.32 Å². The first-order valence-electron chi connectivity index (χ1n) is 8.50. The standard InChI is InChI=1S/C22H21ClN2O/c1-25(16-22(26)24-21-14-8-7-13-20(21)23)15-18-11-5-6-12-19(18)17-9-3-2-4-10-17/h2-14H,15-16H2,1H3,(H,24,26). The van der Waals surface area contributed by atoms with Crippen LogP contribution in [-0.2, 0) is 11.3 Å². The van der Waals surface area contributed by atoms with Crippen LogP contribution in [0.15, 0.2) is 78.9 Å². The highest BCUT2D eigenvalue weighted by molar-refractivity contribution is 6.33. The number of rotatable bonds is 6. The van der Waals surface area contributed by atoms with Gasteiger partial charge in [0.25, 0.3) is 0 Å². The summed E-state index contributed by atoms with van der Waals surface area (Å²) in [5.74, 6) is -0.0854. The molecule has 4 heteroatoms. The second-order valence-corrected chi connectivity index (χ2v) is 6.63. The van der Waals surface area contributed by atoms with Crippen LogP contribution < -0.4 is 5.32 Å². The summed E-state index contributed by atoms with van der Waals surface area (Å²) < 4.78 is 0. The van der Waals surface area contributed by atoms with Crippen molar-refractivity contribution < 1.29 is 4.79 Å². The molecule has 0 radical (unpaired) electrons. The lowest BCUT2D eigenvalue weighted by atomic mass is 9.99. The van der Waals surface area contributed by atoms with Crippen LogP contribution in [0.3, 0.4) is 0 Å². The number of carbonyl (C=O) groups excluding carboxylic acids is 1. The SMILES string of the molecule is CN(CC(=O)Nc1ccccc1Cl)Cc1ccccc1-c1ccccc1. The third-order valence-electron chi connectivity index (χ3n) is 4.10. The fraction of sp³-hybridized carbons (Fsp3) is 0.136. The minimum absolute atomic E-state index is 0.0854. The molecule has 0 aromatic heterocycles. The van der Waals surface area contributed by atoms with Gasteiger partial charge in [0.05, 0.1) is 17.3 Å². The molecule has 132 valence electrons. The van der Waals surface area contributed by atoms with Gasteiger partial charge in [-0.2, -0.15) is 0 Å². The van der Waals surface area contributed by atoms with Gasteiger partial charge in [-0.3, -0.25) is 9.69 Å². The zero-order valence-electron chi connectivity index (χ0n) is 14.7. The lowest BCUT2D eigenvalue weighted by molar-refractivity contribution is -0.117. The van der Waals surface area contributed by atoms with E-state index in [0.29, 0.717) is 17.3 Å². The van der Waals surface area contributed by atoms with Crippen LogP contribution in [0, 0.1) is 0 Å². The molecule has 0 aliphatic carbocycles. The van der Waals surface area contributed by atoms with E-state index in [2.05, 4.69) is 29.6 Å². The van der Waals surface area contributed by atoms with Crippen molar-refractivity contribution in [1.82, 2.24) is 4.90 Å². The monoisotopic (exact) mass is 364 g/mol. The molecule has 26 heavy (non-hydrogen) atoms. The zero-order chi connectivity index (χ0) is 18.4. The molecule has 0 bridgehead atoms. The molecule has 0 aliphatic heterocycles. The van der Waals surface area contributed by atoms with E-state index in [-0.39, 0.29) is 12.5 Å². The second-order valence-electron chi connectivity index (χ2n) is 6.22. The Morgan fingerprint density at radius 1 is 0.923 bits per heavy atom. The Labute approximate surface area is 159 Å². The summed E-state index contributed by atoms with van der Waals surface area (Å²) in [5.41, 5.74) is 4.19. The molecule has 3 aromatic rings. The van der Waals surface area contributed by atoms with Crippen LogP contribution in [0.4, 0.5) is 5.69 Å². The Morgan fingerprint density at radius 3 is 2.35 bits per heavy atom. The summed E-state index contributed by atoms with van der Waals surface area (Å²) in [7, 11) is 1.94. The molecule has 1 N–H and O–H groups in total. The number of likely N-dealkylation sites (N-methyl/N-ethyl adjacent to an activating group) is 1. The van der Waals surface area contributed by atoms with E-state index < -0.39 is 0 Å². The van der Waals surface area contributed by atoms with Gasteiger partial charge in [-0.25, -0.2) is 0 Å². The fourth-order valence-electron chi connectivity index (χ4n) is 2.90. The van der Waals surface area contributed by atoms with Crippen molar-refractivity contribution in [2.24, 2.45) is 0 Å². The molecule has 0 heterocycles. The molecule has 0 unspecified atom stereocenters. The van der Waals surface area contributed by atoms with Gasteiger partial charge in [-0.1, -0.05) is 78.3 Å². The van der Waals surface area contributed by atoms with Crippen LogP contribution in [0.1, 0.15) is 5.56 Å². The number of hydrogen-bond donors (Lipinski definition) is 1. The molecule has 3 rings (SSSR count). The van der Waals surface area contributed by atoms with Gasteiger partial charge in [0.15, 0.2) is 0 Å². The molecule has 0 aliphatic rings. The molecule has 3 nitrogen and oxygen atoms in total. The number of benzene rings is 3. The summed E-state index contributed by atoms with van der Waals surface area (Å²) in [6.07, 6.45) is 0. The van der Waals surface area contributed by atoms with E-state index in [0.717, 1.165) is 0 Å². The van der Waals surface area contributed by atoms with E-state index in [1.165, 1.54) is 16.7 Å². The number of nitrogens with zero attached hydrogens (tertiary/aromatic N) is 1. The molecule has 3 aromatic carbocycles. The van der Waals surface area contributed by atoms with E-state index in [9.17, 15) is 4.79 Å². The molecule has 0 saturated heterocycles. The number of halogens is 1. The van der Waals surface area contributed by atoms with Gasteiger partial charge in [-0.15, -0.1) is 0 Å². The summed E-state index contributed by atoms with van der Waals surface area (Å²) in [4.78, 5) is 14.3. The van der Waals surface area contributed by atoms with Gasteiger partial charge in [-0.05, 0) is 35.9 Å². The van der Waals surface area contributed by atoms with E-state index in [1.54, 1.807) is 12.1 Å². The lowest BCUT2D eigenvalue weighted by Crippen LogP contribution is -2.30. The Bertz CT molecular complexity index is 880.